The summed E-state index contributed by atoms with van der Waals surface area (Å²) < 4.78 is 1.80. The topological polar surface area (TPSA) is 82.9 Å². The molecule has 0 aliphatic carbocycles. The lowest BCUT2D eigenvalue weighted by Crippen LogP contribution is -2.60. The molecule has 2 bridgehead atoms. The third-order valence-electron chi connectivity index (χ3n) is 5.67. The van der Waals surface area contributed by atoms with Crippen LogP contribution in [0.25, 0.3) is 0 Å². The van der Waals surface area contributed by atoms with Gasteiger partial charge in [0.2, 0.25) is 0 Å². The fourth-order valence-corrected chi connectivity index (χ4v) is 4.38. The first kappa shape index (κ1) is 16.8. The first-order valence-electron chi connectivity index (χ1n) is 9.09. The van der Waals surface area contributed by atoms with Gasteiger partial charge >= 0.3 is 17.8 Å². The third kappa shape index (κ3) is 2.60. The maximum absolute atomic E-state index is 12.9. The molecule has 4 rings (SSSR count). The minimum absolute atomic E-state index is 0.00608. The molecule has 3 aliphatic heterocycles. The van der Waals surface area contributed by atoms with Gasteiger partial charge in [-0.25, -0.2) is 4.79 Å². The van der Waals surface area contributed by atoms with Crippen molar-refractivity contribution in [2.45, 2.75) is 25.8 Å². The number of hydrogen-bond donors (Lipinski definition) is 0. The van der Waals surface area contributed by atoms with Gasteiger partial charge in [0.25, 0.3) is 5.56 Å². The van der Waals surface area contributed by atoms with E-state index in [1.54, 1.807) is 21.6 Å². The van der Waals surface area contributed by atoms with Crippen LogP contribution in [0.4, 0.5) is 4.79 Å². The first-order chi connectivity index (χ1) is 12.5. The van der Waals surface area contributed by atoms with Crippen LogP contribution in [0.3, 0.4) is 0 Å². The molecule has 8 heteroatoms. The van der Waals surface area contributed by atoms with E-state index in [0.717, 1.165) is 17.0 Å². The Balaban J connectivity index is 1.54. The monoisotopic (exact) mass is 358 g/mol. The molecule has 8 nitrogen and oxygen atoms in total. The quantitative estimate of drug-likeness (QED) is 0.666. The number of nitrogens with zero attached hydrogens (tertiary/aromatic N) is 4. The Morgan fingerprint density at radius 1 is 1.08 bits per heavy atom. The van der Waals surface area contributed by atoms with Gasteiger partial charge < -0.3 is 14.4 Å². The maximum Gasteiger partial charge on any atom is 0.327 e. The summed E-state index contributed by atoms with van der Waals surface area (Å²) in [6, 6.07) is 4.86. The lowest BCUT2D eigenvalue weighted by Gasteiger charge is -2.44. The minimum Gasteiger partial charge on any atom is -0.333 e. The number of aromatic nitrogens is 1. The van der Waals surface area contributed by atoms with E-state index in [9.17, 15) is 19.2 Å². The predicted octanol–water partition coefficient (Wildman–Crippen LogP) is 0.0781. The number of likely N-dealkylation sites (tertiary alicyclic amines) is 1. The fourth-order valence-electron chi connectivity index (χ4n) is 4.38. The molecule has 2 saturated heterocycles. The van der Waals surface area contributed by atoms with Crippen molar-refractivity contribution in [1.29, 1.82) is 0 Å². The Morgan fingerprint density at radius 2 is 1.88 bits per heavy atom. The van der Waals surface area contributed by atoms with E-state index >= 15 is 0 Å². The number of hydrogen-bond acceptors (Lipinski definition) is 4. The second-order valence-corrected chi connectivity index (χ2v) is 7.23. The normalized spacial score (nSPS) is 25.3. The Kier molecular flexibility index (Phi) is 4.05. The highest BCUT2D eigenvalue weighted by Gasteiger charge is 2.41. The largest absolute Gasteiger partial charge is 0.333 e. The number of carbonyl (C=O) groups excluding carboxylic acids is 3. The van der Waals surface area contributed by atoms with Crippen LogP contribution in [0, 0.1) is 5.92 Å². The zero-order valence-electron chi connectivity index (χ0n) is 14.8. The number of imide groups is 1. The van der Waals surface area contributed by atoms with Gasteiger partial charge in [-0.15, -0.1) is 0 Å². The van der Waals surface area contributed by atoms with Gasteiger partial charge in [0.15, 0.2) is 0 Å². The molecule has 26 heavy (non-hydrogen) atoms. The Hall–Kier alpha value is -2.64. The van der Waals surface area contributed by atoms with Gasteiger partial charge in [-0.3, -0.25) is 19.3 Å². The molecule has 0 saturated carbocycles. The molecule has 0 N–H and O–H groups in total. The number of urea groups is 1. The smallest absolute Gasteiger partial charge is 0.327 e. The highest BCUT2D eigenvalue weighted by Crippen LogP contribution is 2.35. The van der Waals surface area contributed by atoms with Crippen LogP contribution in [0.2, 0.25) is 0 Å². The molecule has 0 unspecified atom stereocenters. The number of piperidine rings is 1. The van der Waals surface area contributed by atoms with Gasteiger partial charge in [0.1, 0.15) is 0 Å². The first-order valence-corrected chi connectivity index (χ1v) is 9.09. The average molecular weight is 358 g/mol. The molecule has 1 aromatic rings. The molecular weight excluding hydrogens is 336 g/mol. The van der Waals surface area contributed by atoms with Crippen LogP contribution in [0.15, 0.2) is 23.0 Å². The van der Waals surface area contributed by atoms with Crippen LogP contribution in [-0.4, -0.2) is 69.8 Å². The van der Waals surface area contributed by atoms with Gasteiger partial charge in [0, 0.05) is 56.9 Å². The summed E-state index contributed by atoms with van der Waals surface area (Å²) in [6.07, 6.45) is 0.934. The molecule has 3 aliphatic rings. The lowest BCUT2D eigenvalue weighted by molar-refractivity contribution is -0.154. The molecule has 138 valence electrons. The van der Waals surface area contributed by atoms with E-state index in [4.69, 9.17) is 0 Å². The number of fused-ring (bicyclic) bond motifs is 4. The second kappa shape index (κ2) is 6.26. The minimum atomic E-state index is -0.740. The number of amides is 4. The van der Waals surface area contributed by atoms with Crippen molar-refractivity contribution in [3.05, 3.63) is 34.2 Å². The molecule has 4 heterocycles. The summed E-state index contributed by atoms with van der Waals surface area (Å²) in [7, 11) is 0. The van der Waals surface area contributed by atoms with Crippen molar-refractivity contribution in [3.8, 4) is 0 Å². The highest BCUT2D eigenvalue weighted by molar-refractivity contribution is 6.38. The van der Waals surface area contributed by atoms with Gasteiger partial charge in [-0.2, -0.15) is 0 Å². The summed E-state index contributed by atoms with van der Waals surface area (Å²) in [5, 5.41) is 0. The lowest BCUT2D eigenvalue weighted by atomic mass is 9.83. The van der Waals surface area contributed by atoms with Crippen LogP contribution < -0.4 is 5.56 Å². The fraction of sp³-hybridized carbons (Fsp3) is 0.556. The van der Waals surface area contributed by atoms with E-state index < -0.39 is 11.8 Å². The standard InChI is InChI=1S/C18H22N4O4/c1-2-19-6-7-21(17(25)16(19)24)18(26)20-9-12-8-13(11-20)14-4-3-5-15(23)22(14)10-12/h3-5,12-13H,2,6-11H2,1H3/t12-,13-/m1/s1. The van der Waals surface area contributed by atoms with Crippen molar-refractivity contribution >= 4 is 17.8 Å². The van der Waals surface area contributed by atoms with Crippen LogP contribution in [0.1, 0.15) is 25.0 Å². The van der Waals surface area contributed by atoms with Crippen molar-refractivity contribution in [1.82, 2.24) is 19.3 Å². The molecular formula is C18H22N4O4. The number of rotatable bonds is 1. The van der Waals surface area contributed by atoms with E-state index in [1.807, 2.05) is 13.0 Å². The summed E-state index contributed by atoms with van der Waals surface area (Å²) >= 11 is 0. The van der Waals surface area contributed by atoms with Crippen molar-refractivity contribution in [3.63, 3.8) is 0 Å². The maximum atomic E-state index is 12.9. The number of piperazine rings is 1. The summed E-state index contributed by atoms with van der Waals surface area (Å²) in [5.74, 6) is -1.08. The van der Waals surface area contributed by atoms with E-state index in [0.29, 0.717) is 32.7 Å². The third-order valence-corrected chi connectivity index (χ3v) is 5.67. The summed E-state index contributed by atoms with van der Waals surface area (Å²) in [5.41, 5.74) is 0.942. The van der Waals surface area contributed by atoms with Crippen molar-refractivity contribution in [2.75, 3.05) is 32.7 Å². The zero-order valence-corrected chi connectivity index (χ0v) is 14.8. The predicted molar refractivity (Wildman–Crippen MR) is 92.5 cm³/mol. The molecule has 2 fully saturated rings. The van der Waals surface area contributed by atoms with Gasteiger partial charge in [-0.1, -0.05) is 6.07 Å². The van der Waals surface area contributed by atoms with E-state index in [2.05, 4.69) is 0 Å². The summed E-state index contributed by atoms with van der Waals surface area (Å²) in [6.45, 7) is 4.45. The zero-order chi connectivity index (χ0) is 18.4. The van der Waals surface area contributed by atoms with Gasteiger partial charge in [0.05, 0.1) is 0 Å². The Morgan fingerprint density at radius 3 is 2.65 bits per heavy atom. The molecule has 4 amide bonds. The van der Waals surface area contributed by atoms with Gasteiger partial charge in [-0.05, 0) is 25.3 Å². The SMILES string of the molecule is CCN1CCN(C(=O)N2C[C@H]3C[C@H](C2)c2cccc(=O)n2C3)C(=O)C1=O. The molecule has 2 atom stereocenters. The van der Waals surface area contributed by atoms with Crippen LogP contribution in [-0.2, 0) is 16.1 Å². The Bertz CT molecular complexity index is 833. The van der Waals surface area contributed by atoms with Crippen molar-refractivity contribution in [2.24, 2.45) is 5.92 Å². The molecule has 0 spiro atoms. The second-order valence-electron chi connectivity index (χ2n) is 7.23. The number of likely N-dealkylation sites (N-methyl/N-ethyl adjacent to an activating group) is 1. The molecule has 0 radical (unpaired) electrons. The van der Waals surface area contributed by atoms with E-state index in [-0.39, 0.29) is 30.0 Å². The Labute approximate surface area is 151 Å². The number of pyridine rings is 1. The summed E-state index contributed by atoms with van der Waals surface area (Å²) in [4.78, 5) is 53.6. The van der Waals surface area contributed by atoms with Crippen LogP contribution >= 0.6 is 0 Å². The molecule has 1 aromatic heterocycles. The van der Waals surface area contributed by atoms with Crippen molar-refractivity contribution < 1.29 is 14.4 Å². The van der Waals surface area contributed by atoms with Crippen LogP contribution in [0.5, 0.6) is 0 Å². The molecule has 0 aromatic carbocycles. The number of carbonyl (C=O) groups is 3. The highest BCUT2D eigenvalue weighted by atomic mass is 16.2. The van der Waals surface area contributed by atoms with E-state index in [1.165, 1.54) is 4.90 Å². The average Bonchev–Trinajstić information content (AvgIpc) is 2.64.